The average molecular weight is 304 g/mol. The van der Waals surface area contributed by atoms with Gasteiger partial charge in [0.05, 0.1) is 5.69 Å². The fraction of sp³-hybridized carbons (Fsp3) is 0.765. The Morgan fingerprint density at radius 3 is 2.90 bits per heavy atom. The maximum Gasteiger partial charge on any atom is 0.226 e. The van der Waals surface area contributed by atoms with Crippen molar-refractivity contribution in [3.05, 3.63) is 10.6 Å². The van der Waals surface area contributed by atoms with Crippen LogP contribution in [0.15, 0.2) is 0 Å². The van der Waals surface area contributed by atoms with E-state index in [4.69, 9.17) is 0 Å². The lowest BCUT2D eigenvalue weighted by Gasteiger charge is -2.20. The highest BCUT2D eigenvalue weighted by atomic mass is 32.1. The van der Waals surface area contributed by atoms with E-state index in [2.05, 4.69) is 10.3 Å². The first kappa shape index (κ1) is 13.7. The van der Waals surface area contributed by atoms with Gasteiger partial charge in [-0.2, -0.15) is 0 Å². The molecule has 4 rings (SSSR count). The molecule has 3 aliphatic carbocycles. The lowest BCUT2D eigenvalue weighted by Crippen LogP contribution is -2.20. The number of hydrogen-bond donors (Lipinski definition) is 1. The summed E-state index contributed by atoms with van der Waals surface area (Å²) in [7, 11) is 0. The summed E-state index contributed by atoms with van der Waals surface area (Å²) in [6, 6.07) is 0. The van der Waals surface area contributed by atoms with Crippen LogP contribution < -0.4 is 5.32 Å². The van der Waals surface area contributed by atoms with E-state index in [9.17, 15) is 4.79 Å². The summed E-state index contributed by atoms with van der Waals surface area (Å²) in [6.07, 6.45) is 12.2. The second kappa shape index (κ2) is 5.71. The monoisotopic (exact) mass is 304 g/mol. The number of anilines is 1. The predicted molar refractivity (Wildman–Crippen MR) is 85.6 cm³/mol. The van der Waals surface area contributed by atoms with Crippen molar-refractivity contribution < 1.29 is 4.79 Å². The average Bonchev–Trinajstić information content (AvgIpc) is 3.12. The zero-order chi connectivity index (χ0) is 14.2. The van der Waals surface area contributed by atoms with Gasteiger partial charge in [0.2, 0.25) is 5.91 Å². The van der Waals surface area contributed by atoms with Crippen LogP contribution >= 0.6 is 11.3 Å². The van der Waals surface area contributed by atoms with Gasteiger partial charge in [-0.15, -0.1) is 11.3 Å². The molecule has 114 valence electrons. The zero-order valence-corrected chi connectivity index (χ0v) is 13.4. The SMILES string of the molecule is O=C(CC1CC2CCC1C2)Nc1nc2c(s1)CCCCC2. The fourth-order valence-electron chi connectivity index (χ4n) is 4.62. The van der Waals surface area contributed by atoms with Crippen LogP contribution in [0.2, 0.25) is 0 Å². The highest BCUT2D eigenvalue weighted by Gasteiger charge is 2.40. The standard InChI is InChI=1S/C17H24N2OS/c20-16(10-13-9-11-6-7-12(13)8-11)19-17-18-14-4-2-1-3-5-15(14)21-17/h11-13H,1-10H2,(H,18,19,20). The molecule has 3 atom stereocenters. The molecule has 0 radical (unpaired) electrons. The van der Waals surface area contributed by atoms with Gasteiger partial charge in [0.1, 0.15) is 0 Å². The summed E-state index contributed by atoms with van der Waals surface area (Å²) in [5, 5.41) is 3.92. The van der Waals surface area contributed by atoms with E-state index >= 15 is 0 Å². The largest absolute Gasteiger partial charge is 0.302 e. The molecule has 1 aromatic rings. The Bertz CT molecular complexity index is 515. The number of carbonyl (C=O) groups is 1. The van der Waals surface area contributed by atoms with Gasteiger partial charge in [0.15, 0.2) is 5.13 Å². The van der Waals surface area contributed by atoms with Crippen molar-refractivity contribution in [1.29, 1.82) is 0 Å². The highest BCUT2D eigenvalue weighted by molar-refractivity contribution is 7.15. The van der Waals surface area contributed by atoms with Crippen molar-refractivity contribution in [2.24, 2.45) is 17.8 Å². The van der Waals surface area contributed by atoms with Gasteiger partial charge in [-0.3, -0.25) is 4.79 Å². The van der Waals surface area contributed by atoms with Crippen LogP contribution in [0.25, 0.3) is 0 Å². The van der Waals surface area contributed by atoms with Crippen LogP contribution in [0, 0.1) is 17.8 Å². The topological polar surface area (TPSA) is 42.0 Å². The first-order valence-corrected chi connectivity index (χ1v) is 9.38. The highest BCUT2D eigenvalue weighted by Crippen LogP contribution is 2.49. The molecule has 3 unspecified atom stereocenters. The smallest absolute Gasteiger partial charge is 0.226 e. The molecule has 0 aliphatic heterocycles. The molecule has 2 fully saturated rings. The van der Waals surface area contributed by atoms with Gasteiger partial charge >= 0.3 is 0 Å². The number of hydrogen-bond acceptors (Lipinski definition) is 3. The van der Waals surface area contributed by atoms with Crippen molar-refractivity contribution in [1.82, 2.24) is 4.98 Å². The summed E-state index contributed by atoms with van der Waals surface area (Å²) < 4.78 is 0. The lowest BCUT2D eigenvalue weighted by atomic mass is 9.86. The number of carbonyl (C=O) groups excluding carboxylic acids is 1. The van der Waals surface area contributed by atoms with E-state index in [0.717, 1.165) is 29.8 Å². The van der Waals surface area contributed by atoms with Gasteiger partial charge in [0.25, 0.3) is 0 Å². The number of fused-ring (bicyclic) bond motifs is 3. The number of rotatable bonds is 3. The van der Waals surface area contributed by atoms with Gasteiger partial charge in [-0.25, -0.2) is 4.98 Å². The maximum atomic E-state index is 12.3. The quantitative estimate of drug-likeness (QED) is 0.851. The summed E-state index contributed by atoms with van der Waals surface area (Å²) in [4.78, 5) is 18.3. The molecular formula is C17H24N2OS. The molecular weight excluding hydrogens is 280 g/mol. The number of amides is 1. The third-order valence-electron chi connectivity index (χ3n) is 5.67. The molecule has 0 aromatic carbocycles. The molecule has 1 N–H and O–H groups in total. The predicted octanol–water partition coefficient (Wildman–Crippen LogP) is 4.18. The van der Waals surface area contributed by atoms with Crippen LogP contribution in [0.1, 0.15) is 61.9 Å². The Labute approximate surface area is 130 Å². The lowest BCUT2D eigenvalue weighted by molar-refractivity contribution is -0.117. The van der Waals surface area contributed by atoms with Crippen LogP contribution in [0.3, 0.4) is 0 Å². The van der Waals surface area contributed by atoms with Crippen LogP contribution in [-0.4, -0.2) is 10.9 Å². The van der Waals surface area contributed by atoms with E-state index in [0.29, 0.717) is 12.3 Å². The molecule has 0 spiro atoms. The summed E-state index contributed by atoms with van der Waals surface area (Å²) in [6.45, 7) is 0. The number of thiazole rings is 1. The molecule has 4 heteroatoms. The van der Waals surface area contributed by atoms with E-state index in [-0.39, 0.29) is 5.91 Å². The maximum absolute atomic E-state index is 12.3. The Hall–Kier alpha value is -0.900. The minimum absolute atomic E-state index is 0.191. The third-order valence-corrected chi connectivity index (χ3v) is 6.75. The minimum atomic E-state index is 0.191. The molecule has 21 heavy (non-hydrogen) atoms. The zero-order valence-electron chi connectivity index (χ0n) is 12.6. The summed E-state index contributed by atoms with van der Waals surface area (Å²) >= 11 is 1.71. The molecule has 2 bridgehead atoms. The molecule has 1 aromatic heterocycles. The number of nitrogens with one attached hydrogen (secondary N) is 1. The second-order valence-electron chi connectivity index (χ2n) is 7.14. The molecule has 0 saturated heterocycles. The number of nitrogens with zero attached hydrogens (tertiary/aromatic N) is 1. The second-order valence-corrected chi connectivity index (χ2v) is 8.22. The Kier molecular flexibility index (Phi) is 3.74. The van der Waals surface area contributed by atoms with E-state index < -0.39 is 0 Å². The Morgan fingerprint density at radius 2 is 2.10 bits per heavy atom. The first-order valence-electron chi connectivity index (χ1n) is 8.56. The van der Waals surface area contributed by atoms with Crippen molar-refractivity contribution >= 4 is 22.4 Å². The normalized spacial score (nSPS) is 31.0. The van der Waals surface area contributed by atoms with Crippen LogP contribution in [0.5, 0.6) is 0 Å². The molecule has 1 amide bonds. The third kappa shape index (κ3) is 2.87. The van der Waals surface area contributed by atoms with E-state index in [1.807, 2.05) is 0 Å². The first-order chi connectivity index (χ1) is 10.3. The van der Waals surface area contributed by atoms with Crippen molar-refractivity contribution in [3.63, 3.8) is 0 Å². The Morgan fingerprint density at radius 1 is 1.19 bits per heavy atom. The molecule has 3 nitrogen and oxygen atoms in total. The summed E-state index contributed by atoms with van der Waals surface area (Å²) in [5.74, 6) is 2.58. The van der Waals surface area contributed by atoms with Gasteiger partial charge in [0, 0.05) is 11.3 Å². The van der Waals surface area contributed by atoms with E-state index in [1.54, 1.807) is 11.3 Å². The van der Waals surface area contributed by atoms with Gasteiger partial charge in [-0.1, -0.05) is 12.8 Å². The van der Waals surface area contributed by atoms with Crippen molar-refractivity contribution in [3.8, 4) is 0 Å². The minimum Gasteiger partial charge on any atom is -0.302 e. The van der Waals surface area contributed by atoms with Crippen molar-refractivity contribution in [2.45, 2.75) is 64.2 Å². The Balaban J connectivity index is 1.36. The molecule has 1 heterocycles. The molecule has 3 aliphatic rings. The van der Waals surface area contributed by atoms with Gasteiger partial charge < -0.3 is 5.32 Å². The fourth-order valence-corrected chi connectivity index (χ4v) is 5.68. The number of aryl methyl sites for hydroxylation is 2. The van der Waals surface area contributed by atoms with Crippen molar-refractivity contribution in [2.75, 3.05) is 5.32 Å². The summed E-state index contributed by atoms with van der Waals surface area (Å²) in [5.41, 5.74) is 1.24. The number of aromatic nitrogens is 1. The van der Waals surface area contributed by atoms with Gasteiger partial charge in [-0.05, 0) is 62.7 Å². The van der Waals surface area contributed by atoms with Crippen LogP contribution in [-0.2, 0) is 17.6 Å². The molecule has 2 saturated carbocycles. The van der Waals surface area contributed by atoms with Crippen LogP contribution in [0.4, 0.5) is 5.13 Å². The van der Waals surface area contributed by atoms with E-state index in [1.165, 1.54) is 55.5 Å².